The van der Waals surface area contributed by atoms with Crippen LogP contribution in [-0.4, -0.2) is 15.3 Å². The van der Waals surface area contributed by atoms with E-state index in [1.165, 1.54) is 5.56 Å². The molecule has 1 fully saturated rings. The van der Waals surface area contributed by atoms with Crippen molar-refractivity contribution in [2.24, 2.45) is 0 Å². The lowest BCUT2D eigenvalue weighted by Crippen LogP contribution is -2.50. The van der Waals surface area contributed by atoms with Gasteiger partial charge in [0.25, 0.3) is 5.91 Å². The second-order valence-electron chi connectivity index (χ2n) is 6.35. The molecule has 4 heteroatoms. The van der Waals surface area contributed by atoms with Crippen molar-refractivity contribution < 1.29 is 4.79 Å². The van der Waals surface area contributed by atoms with Crippen molar-refractivity contribution in [3.63, 3.8) is 0 Å². The second-order valence-corrected chi connectivity index (χ2v) is 6.35. The van der Waals surface area contributed by atoms with Crippen LogP contribution < -0.4 is 5.32 Å². The number of hydrogen-bond acceptors (Lipinski definition) is 2. The van der Waals surface area contributed by atoms with Gasteiger partial charge in [0, 0.05) is 12.4 Å². The number of nitrogens with one attached hydrogen (secondary N) is 1. The summed E-state index contributed by atoms with van der Waals surface area (Å²) in [4.78, 5) is 17.2. The summed E-state index contributed by atoms with van der Waals surface area (Å²) in [7, 11) is 0. The molecule has 1 aromatic carbocycles. The van der Waals surface area contributed by atoms with Gasteiger partial charge in [-0.1, -0.05) is 30.3 Å². The van der Waals surface area contributed by atoms with Crippen LogP contribution in [-0.2, 0) is 5.54 Å². The van der Waals surface area contributed by atoms with Gasteiger partial charge in [0.15, 0.2) is 0 Å². The first kappa shape index (κ1) is 14.0. The molecule has 2 heterocycles. The Balaban J connectivity index is 1.63. The number of carbonyl (C=O) groups is 1. The zero-order chi connectivity index (χ0) is 15.9. The molecule has 1 amide bonds. The summed E-state index contributed by atoms with van der Waals surface area (Å²) >= 11 is 0. The Morgan fingerprint density at radius 2 is 2.00 bits per heavy atom. The van der Waals surface area contributed by atoms with Gasteiger partial charge in [0.2, 0.25) is 0 Å². The van der Waals surface area contributed by atoms with Crippen molar-refractivity contribution in [1.29, 1.82) is 0 Å². The topological polar surface area (TPSA) is 46.4 Å². The number of imidazole rings is 1. The maximum absolute atomic E-state index is 12.7. The number of aryl methyl sites for hydroxylation is 1. The van der Waals surface area contributed by atoms with Crippen molar-refractivity contribution in [3.8, 4) is 0 Å². The number of benzene rings is 1. The number of aromatic nitrogens is 2. The third kappa shape index (κ3) is 2.40. The van der Waals surface area contributed by atoms with Crippen LogP contribution in [0.3, 0.4) is 0 Å². The van der Waals surface area contributed by atoms with Gasteiger partial charge < -0.3 is 9.72 Å². The summed E-state index contributed by atoms with van der Waals surface area (Å²) < 4.78 is 1.89. The molecule has 0 saturated heterocycles. The molecule has 0 bridgehead atoms. The smallest absolute Gasteiger partial charge is 0.272 e. The van der Waals surface area contributed by atoms with Crippen LogP contribution in [0.2, 0.25) is 0 Å². The molecule has 1 N–H and O–H groups in total. The van der Waals surface area contributed by atoms with Crippen molar-refractivity contribution in [2.75, 3.05) is 0 Å². The lowest BCUT2D eigenvalue weighted by Gasteiger charge is -2.43. The number of amides is 1. The molecule has 0 radical (unpaired) electrons. The largest absolute Gasteiger partial charge is 0.341 e. The van der Waals surface area contributed by atoms with Gasteiger partial charge in [-0.2, -0.15) is 0 Å². The molecular weight excluding hydrogens is 286 g/mol. The van der Waals surface area contributed by atoms with Crippen molar-refractivity contribution in [1.82, 2.24) is 14.7 Å². The molecule has 0 aliphatic heterocycles. The minimum absolute atomic E-state index is 0.102. The highest BCUT2D eigenvalue weighted by molar-refractivity contribution is 5.93. The summed E-state index contributed by atoms with van der Waals surface area (Å²) in [6.45, 7) is 2.02. The van der Waals surface area contributed by atoms with E-state index in [-0.39, 0.29) is 11.4 Å². The van der Waals surface area contributed by atoms with Gasteiger partial charge in [-0.25, -0.2) is 4.98 Å². The SMILES string of the molecule is Cc1ccn2cc(C(=O)NC3(c4ccccc4)CCC3)nc2c1. The maximum atomic E-state index is 12.7. The van der Waals surface area contributed by atoms with Crippen molar-refractivity contribution in [2.45, 2.75) is 31.7 Å². The average molecular weight is 305 g/mol. The van der Waals surface area contributed by atoms with E-state index in [1.807, 2.05) is 47.9 Å². The monoisotopic (exact) mass is 305 g/mol. The Kier molecular flexibility index (Phi) is 3.18. The Hall–Kier alpha value is -2.62. The fourth-order valence-corrected chi connectivity index (χ4v) is 3.25. The molecular formula is C19H19N3O. The van der Waals surface area contributed by atoms with E-state index in [9.17, 15) is 4.79 Å². The average Bonchev–Trinajstić information content (AvgIpc) is 2.94. The predicted molar refractivity (Wildman–Crippen MR) is 89.4 cm³/mol. The molecule has 3 aromatic rings. The molecule has 4 nitrogen and oxygen atoms in total. The Morgan fingerprint density at radius 3 is 2.70 bits per heavy atom. The fraction of sp³-hybridized carbons (Fsp3) is 0.263. The number of hydrogen-bond donors (Lipinski definition) is 1. The Bertz CT molecular complexity index is 863. The summed E-state index contributed by atoms with van der Waals surface area (Å²) in [5.41, 5.74) is 3.36. The quantitative estimate of drug-likeness (QED) is 0.805. The molecule has 2 aromatic heterocycles. The summed E-state index contributed by atoms with van der Waals surface area (Å²) in [5, 5.41) is 3.22. The van der Waals surface area contributed by atoms with Gasteiger partial charge in [-0.05, 0) is 49.4 Å². The number of pyridine rings is 1. The van der Waals surface area contributed by atoms with E-state index >= 15 is 0 Å². The number of rotatable bonds is 3. The van der Waals surface area contributed by atoms with Crippen LogP contribution >= 0.6 is 0 Å². The molecule has 1 aliphatic rings. The number of nitrogens with zero attached hydrogens (tertiary/aromatic N) is 2. The van der Waals surface area contributed by atoms with Gasteiger partial charge in [-0.15, -0.1) is 0 Å². The highest BCUT2D eigenvalue weighted by Crippen LogP contribution is 2.41. The minimum atomic E-state index is -0.232. The molecule has 4 rings (SSSR count). The van der Waals surface area contributed by atoms with Crippen LogP contribution in [0.1, 0.15) is 40.9 Å². The number of fused-ring (bicyclic) bond motifs is 1. The van der Waals surface area contributed by atoms with Gasteiger partial charge in [-0.3, -0.25) is 4.79 Å². The van der Waals surface area contributed by atoms with Crippen LogP contribution in [0.15, 0.2) is 54.9 Å². The summed E-state index contributed by atoms with van der Waals surface area (Å²) in [5.74, 6) is -0.102. The normalized spacial score (nSPS) is 16.0. The fourth-order valence-electron chi connectivity index (χ4n) is 3.25. The molecule has 23 heavy (non-hydrogen) atoms. The highest BCUT2D eigenvalue weighted by atomic mass is 16.2. The van der Waals surface area contributed by atoms with Crippen LogP contribution in [0.5, 0.6) is 0 Å². The third-order valence-electron chi connectivity index (χ3n) is 4.73. The molecule has 0 atom stereocenters. The van der Waals surface area contributed by atoms with Gasteiger partial charge in [0.05, 0.1) is 5.54 Å². The van der Waals surface area contributed by atoms with E-state index in [2.05, 4.69) is 22.4 Å². The minimum Gasteiger partial charge on any atom is -0.341 e. The van der Waals surface area contributed by atoms with Gasteiger partial charge >= 0.3 is 0 Å². The van der Waals surface area contributed by atoms with E-state index in [1.54, 1.807) is 6.20 Å². The second kappa shape index (κ2) is 5.23. The Labute approximate surface area is 135 Å². The predicted octanol–water partition coefficient (Wildman–Crippen LogP) is 3.45. The standard InChI is InChI=1S/C19H19N3O/c1-14-8-11-22-13-16(20-17(22)12-14)18(23)21-19(9-5-10-19)15-6-3-2-4-7-15/h2-4,6-8,11-13H,5,9-10H2,1H3,(H,21,23). The molecule has 116 valence electrons. The lowest BCUT2D eigenvalue weighted by atomic mass is 9.71. The first-order chi connectivity index (χ1) is 11.2. The molecule has 1 aliphatic carbocycles. The molecule has 1 saturated carbocycles. The number of carbonyl (C=O) groups excluding carboxylic acids is 1. The first-order valence-corrected chi connectivity index (χ1v) is 8.00. The third-order valence-corrected chi connectivity index (χ3v) is 4.73. The van der Waals surface area contributed by atoms with Crippen LogP contribution in [0.25, 0.3) is 5.65 Å². The van der Waals surface area contributed by atoms with E-state index in [0.29, 0.717) is 5.69 Å². The van der Waals surface area contributed by atoms with E-state index in [0.717, 1.165) is 30.5 Å². The molecule has 0 spiro atoms. The summed E-state index contributed by atoms with van der Waals surface area (Å²) in [6.07, 6.45) is 6.83. The zero-order valence-electron chi connectivity index (χ0n) is 13.1. The van der Waals surface area contributed by atoms with Gasteiger partial charge in [0.1, 0.15) is 11.3 Å². The van der Waals surface area contributed by atoms with E-state index in [4.69, 9.17) is 0 Å². The zero-order valence-corrected chi connectivity index (χ0v) is 13.1. The van der Waals surface area contributed by atoms with Crippen LogP contribution in [0.4, 0.5) is 0 Å². The maximum Gasteiger partial charge on any atom is 0.272 e. The lowest BCUT2D eigenvalue weighted by molar-refractivity contribution is 0.0818. The Morgan fingerprint density at radius 1 is 1.22 bits per heavy atom. The van der Waals surface area contributed by atoms with Crippen molar-refractivity contribution in [3.05, 3.63) is 71.7 Å². The summed E-state index contributed by atoms with van der Waals surface area (Å²) in [6, 6.07) is 14.2. The first-order valence-electron chi connectivity index (χ1n) is 8.00. The van der Waals surface area contributed by atoms with E-state index < -0.39 is 0 Å². The highest BCUT2D eigenvalue weighted by Gasteiger charge is 2.40. The van der Waals surface area contributed by atoms with Crippen LogP contribution in [0, 0.1) is 6.92 Å². The van der Waals surface area contributed by atoms with Crippen molar-refractivity contribution >= 4 is 11.6 Å². The molecule has 0 unspecified atom stereocenters.